The van der Waals surface area contributed by atoms with Crippen molar-refractivity contribution in [2.24, 2.45) is 0 Å². The SMILES string of the molecule is CN(C)CC(=O)Nc1c(I)cc([N+](=O)[O-])cc1I.Cl. The second kappa shape index (κ2) is 8.17. The Balaban J connectivity index is 0.00000324. The number of anilines is 1. The molecule has 9 heteroatoms. The maximum absolute atomic E-state index is 11.7. The molecule has 1 amide bonds. The van der Waals surface area contributed by atoms with Crippen LogP contribution in [-0.2, 0) is 4.79 Å². The number of rotatable bonds is 4. The third-order valence-corrected chi connectivity index (χ3v) is 3.66. The van der Waals surface area contributed by atoms with Crippen molar-refractivity contribution in [2.45, 2.75) is 0 Å². The van der Waals surface area contributed by atoms with Gasteiger partial charge in [-0.15, -0.1) is 12.4 Å². The minimum absolute atomic E-state index is 0. The second-order valence-corrected chi connectivity index (χ2v) is 6.15. The highest BCUT2D eigenvalue weighted by Gasteiger charge is 2.15. The number of non-ortho nitro benzene ring substituents is 1. The summed E-state index contributed by atoms with van der Waals surface area (Å²) in [5, 5.41) is 13.4. The van der Waals surface area contributed by atoms with Gasteiger partial charge < -0.3 is 10.2 Å². The zero-order valence-corrected chi connectivity index (χ0v) is 15.3. The molecule has 0 fully saturated rings. The highest BCUT2D eigenvalue weighted by atomic mass is 127. The fraction of sp³-hybridized carbons (Fsp3) is 0.300. The third-order valence-electron chi connectivity index (χ3n) is 1.96. The Morgan fingerprint density at radius 1 is 1.37 bits per heavy atom. The van der Waals surface area contributed by atoms with Gasteiger partial charge >= 0.3 is 0 Å². The van der Waals surface area contributed by atoms with Gasteiger partial charge in [0.25, 0.3) is 5.69 Å². The van der Waals surface area contributed by atoms with Crippen LogP contribution in [0.3, 0.4) is 0 Å². The second-order valence-electron chi connectivity index (χ2n) is 3.83. The lowest BCUT2D eigenvalue weighted by molar-refractivity contribution is -0.385. The van der Waals surface area contributed by atoms with Gasteiger partial charge in [-0.2, -0.15) is 0 Å². The molecule has 0 saturated heterocycles. The zero-order valence-electron chi connectivity index (χ0n) is 10.1. The maximum Gasteiger partial charge on any atom is 0.271 e. The van der Waals surface area contributed by atoms with Crippen molar-refractivity contribution < 1.29 is 9.72 Å². The summed E-state index contributed by atoms with van der Waals surface area (Å²) >= 11 is 3.95. The lowest BCUT2D eigenvalue weighted by atomic mass is 10.3. The average Bonchev–Trinajstić information content (AvgIpc) is 2.21. The van der Waals surface area contributed by atoms with Gasteiger partial charge in [0.05, 0.1) is 17.2 Å². The van der Waals surface area contributed by atoms with Gasteiger partial charge in [-0.1, -0.05) is 0 Å². The number of nitro groups is 1. The average molecular weight is 511 g/mol. The van der Waals surface area contributed by atoms with Crippen LogP contribution in [0.15, 0.2) is 12.1 Å². The minimum atomic E-state index is -0.449. The maximum atomic E-state index is 11.7. The Bertz CT molecular complexity index is 474. The summed E-state index contributed by atoms with van der Waals surface area (Å²) in [4.78, 5) is 23.6. The first-order valence-electron chi connectivity index (χ1n) is 4.89. The first kappa shape index (κ1) is 18.8. The molecule has 1 aromatic rings. The van der Waals surface area contributed by atoms with Gasteiger partial charge in [0.1, 0.15) is 0 Å². The third kappa shape index (κ3) is 5.75. The molecule has 106 valence electrons. The van der Waals surface area contributed by atoms with Gasteiger partial charge in [-0.3, -0.25) is 14.9 Å². The molecular weight excluding hydrogens is 499 g/mol. The standard InChI is InChI=1S/C10H11I2N3O3.ClH/c1-14(2)5-9(16)13-10-7(11)3-6(15(17)18)4-8(10)12;/h3-4H,5H2,1-2H3,(H,13,16);1H. The predicted octanol–water partition coefficient (Wildman–Crippen LogP) is 2.73. The van der Waals surface area contributed by atoms with Crippen LogP contribution in [-0.4, -0.2) is 36.4 Å². The van der Waals surface area contributed by atoms with E-state index in [1.807, 2.05) is 45.2 Å². The molecule has 6 nitrogen and oxygen atoms in total. The molecule has 1 rings (SSSR count). The number of likely N-dealkylation sites (N-methyl/N-ethyl adjacent to an activating group) is 1. The number of hydrogen-bond donors (Lipinski definition) is 1. The number of carbonyl (C=O) groups excluding carboxylic acids is 1. The molecule has 0 radical (unpaired) electrons. The molecular formula is C10H12ClI2N3O3. The van der Waals surface area contributed by atoms with Gasteiger partial charge in [-0.25, -0.2) is 0 Å². The number of carbonyl (C=O) groups is 1. The van der Waals surface area contributed by atoms with E-state index in [4.69, 9.17) is 0 Å². The van der Waals surface area contributed by atoms with E-state index in [2.05, 4.69) is 5.32 Å². The number of hydrogen-bond acceptors (Lipinski definition) is 4. The van der Waals surface area contributed by atoms with Gasteiger partial charge in [0.15, 0.2) is 0 Å². The number of benzene rings is 1. The lowest BCUT2D eigenvalue weighted by Gasteiger charge is -2.12. The van der Waals surface area contributed by atoms with Gasteiger partial charge in [0.2, 0.25) is 5.91 Å². The summed E-state index contributed by atoms with van der Waals surface area (Å²) in [5.74, 6) is -0.148. The van der Waals surface area contributed by atoms with Crippen LogP contribution >= 0.6 is 57.6 Å². The largest absolute Gasteiger partial charge is 0.323 e. The van der Waals surface area contributed by atoms with Crippen molar-refractivity contribution in [3.63, 3.8) is 0 Å². The Morgan fingerprint density at radius 3 is 2.21 bits per heavy atom. The van der Waals surface area contributed by atoms with E-state index in [1.54, 1.807) is 19.0 Å². The van der Waals surface area contributed by atoms with Crippen LogP contribution in [0.5, 0.6) is 0 Å². The molecule has 0 spiro atoms. The summed E-state index contributed by atoms with van der Waals surface area (Å²) in [5.41, 5.74) is 0.642. The van der Waals surface area contributed by atoms with Crippen molar-refractivity contribution in [3.8, 4) is 0 Å². The van der Waals surface area contributed by atoms with E-state index in [9.17, 15) is 14.9 Å². The van der Waals surface area contributed by atoms with Crippen molar-refractivity contribution in [2.75, 3.05) is 26.0 Å². The van der Waals surface area contributed by atoms with Gasteiger partial charge in [-0.05, 0) is 59.3 Å². The first-order chi connectivity index (χ1) is 8.31. The summed E-state index contributed by atoms with van der Waals surface area (Å²) in [6.45, 7) is 0.267. The van der Waals surface area contributed by atoms with E-state index in [0.29, 0.717) is 12.8 Å². The normalized spacial score (nSPS) is 9.95. The molecule has 0 aromatic heterocycles. The zero-order chi connectivity index (χ0) is 13.9. The molecule has 0 heterocycles. The molecule has 0 aliphatic carbocycles. The van der Waals surface area contributed by atoms with Crippen LogP contribution < -0.4 is 5.32 Å². The summed E-state index contributed by atoms with van der Waals surface area (Å²) < 4.78 is 1.30. The quantitative estimate of drug-likeness (QED) is 0.383. The van der Waals surface area contributed by atoms with Crippen LogP contribution in [0.4, 0.5) is 11.4 Å². The number of halogens is 3. The molecule has 0 bridgehead atoms. The Labute approximate surface area is 144 Å². The highest BCUT2D eigenvalue weighted by Crippen LogP contribution is 2.29. The minimum Gasteiger partial charge on any atom is -0.323 e. The number of nitrogens with zero attached hydrogens (tertiary/aromatic N) is 2. The Hall–Kier alpha value is -0.200. The van der Waals surface area contributed by atoms with E-state index >= 15 is 0 Å². The van der Waals surface area contributed by atoms with Crippen molar-refractivity contribution in [1.29, 1.82) is 0 Å². The van der Waals surface area contributed by atoms with Crippen LogP contribution in [0, 0.1) is 17.3 Å². The molecule has 19 heavy (non-hydrogen) atoms. The van der Waals surface area contributed by atoms with Crippen molar-refractivity contribution in [1.82, 2.24) is 4.90 Å². The summed E-state index contributed by atoms with van der Waals surface area (Å²) in [6, 6.07) is 2.88. The molecule has 0 aliphatic rings. The molecule has 1 aromatic carbocycles. The van der Waals surface area contributed by atoms with Crippen LogP contribution in [0.25, 0.3) is 0 Å². The first-order valence-corrected chi connectivity index (χ1v) is 7.05. The summed E-state index contributed by atoms with van der Waals surface area (Å²) in [6.07, 6.45) is 0. The monoisotopic (exact) mass is 511 g/mol. The Kier molecular flexibility index (Phi) is 8.08. The number of nitrogens with one attached hydrogen (secondary N) is 1. The molecule has 0 aliphatic heterocycles. The topological polar surface area (TPSA) is 75.5 Å². The van der Waals surface area contributed by atoms with Crippen molar-refractivity contribution >= 4 is 74.9 Å². The fourth-order valence-corrected chi connectivity index (χ4v) is 3.26. The van der Waals surface area contributed by atoms with Gasteiger partial charge in [0, 0.05) is 19.3 Å². The molecule has 1 N–H and O–H groups in total. The fourth-order valence-electron chi connectivity index (χ4n) is 1.25. The molecule has 0 saturated carbocycles. The number of nitro benzene ring substituents is 1. The van der Waals surface area contributed by atoms with Crippen LogP contribution in [0.1, 0.15) is 0 Å². The van der Waals surface area contributed by atoms with E-state index in [-0.39, 0.29) is 30.5 Å². The van der Waals surface area contributed by atoms with Crippen LogP contribution in [0.2, 0.25) is 0 Å². The van der Waals surface area contributed by atoms with E-state index < -0.39 is 4.92 Å². The van der Waals surface area contributed by atoms with Crippen molar-refractivity contribution in [3.05, 3.63) is 29.4 Å². The smallest absolute Gasteiger partial charge is 0.271 e. The van der Waals surface area contributed by atoms with E-state index in [0.717, 1.165) is 0 Å². The lowest BCUT2D eigenvalue weighted by Crippen LogP contribution is -2.27. The number of amides is 1. The summed E-state index contributed by atoms with van der Waals surface area (Å²) in [7, 11) is 3.59. The Morgan fingerprint density at radius 2 is 1.84 bits per heavy atom. The highest BCUT2D eigenvalue weighted by molar-refractivity contribution is 14.1. The predicted molar refractivity (Wildman–Crippen MR) is 93.0 cm³/mol. The molecule has 0 unspecified atom stereocenters. The molecule has 0 atom stereocenters. The van der Waals surface area contributed by atoms with E-state index in [1.165, 1.54) is 12.1 Å².